The second-order valence-corrected chi connectivity index (χ2v) is 6.18. The van der Waals surface area contributed by atoms with Crippen LogP contribution in [0.4, 0.5) is 10.5 Å². The highest BCUT2D eigenvalue weighted by Crippen LogP contribution is 2.27. The van der Waals surface area contributed by atoms with Gasteiger partial charge in [0.2, 0.25) is 0 Å². The molecule has 3 rings (SSSR count). The Hall–Kier alpha value is -3.03. The second kappa shape index (κ2) is 7.47. The second-order valence-electron chi connectivity index (χ2n) is 6.18. The van der Waals surface area contributed by atoms with Crippen LogP contribution >= 0.6 is 0 Å². The molecule has 0 spiro atoms. The normalized spacial score (nSPS) is 13.4. The van der Waals surface area contributed by atoms with E-state index in [1.165, 1.54) is 0 Å². The summed E-state index contributed by atoms with van der Waals surface area (Å²) in [5, 5.41) is 9.71. The first kappa shape index (κ1) is 17.8. The molecule has 2 N–H and O–H groups in total. The van der Waals surface area contributed by atoms with Crippen LogP contribution < -0.4 is 15.4 Å². The van der Waals surface area contributed by atoms with E-state index in [0.717, 1.165) is 11.3 Å². The highest BCUT2D eigenvalue weighted by Gasteiger charge is 2.24. The molecule has 0 aliphatic carbocycles. The van der Waals surface area contributed by atoms with Crippen LogP contribution in [0, 0.1) is 6.92 Å². The van der Waals surface area contributed by atoms with Gasteiger partial charge in [0, 0.05) is 37.6 Å². The van der Waals surface area contributed by atoms with E-state index in [2.05, 4.69) is 15.7 Å². The number of carbonyl (C=O) groups excluding carboxylic acids is 2. The summed E-state index contributed by atoms with van der Waals surface area (Å²) < 4.78 is 7.40. The quantitative estimate of drug-likeness (QED) is 0.878. The van der Waals surface area contributed by atoms with E-state index in [0.29, 0.717) is 43.2 Å². The van der Waals surface area contributed by atoms with Crippen LogP contribution in [0.15, 0.2) is 24.4 Å². The third-order valence-electron chi connectivity index (χ3n) is 4.17. The molecule has 0 atom stereocenters. The fourth-order valence-electron chi connectivity index (χ4n) is 2.96. The predicted molar refractivity (Wildman–Crippen MR) is 97.3 cm³/mol. The Morgan fingerprint density at radius 1 is 1.35 bits per heavy atom. The molecule has 0 saturated carbocycles. The van der Waals surface area contributed by atoms with Gasteiger partial charge in [0.25, 0.3) is 5.91 Å². The van der Waals surface area contributed by atoms with Gasteiger partial charge in [-0.25, -0.2) is 4.79 Å². The maximum atomic E-state index is 12.9. The topological polar surface area (TPSA) is 88.5 Å². The van der Waals surface area contributed by atoms with Gasteiger partial charge in [0.05, 0.1) is 17.8 Å². The molecule has 0 unspecified atom stereocenters. The molecule has 1 aromatic carbocycles. The highest BCUT2D eigenvalue weighted by atomic mass is 16.5. The van der Waals surface area contributed by atoms with E-state index < -0.39 is 0 Å². The zero-order valence-electron chi connectivity index (χ0n) is 15.2. The zero-order chi connectivity index (χ0) is 18.7. The number of anilines is 1. The largest absolute Gasteiger partial charge is 0.491 e. The van der Waals surface area contributed by atoms with Gasteiger partial charge in [-0.05, 0) is 32.0 Å². The predicted octanol–water partition coefficient (Wildman–Crippen LogP) is 1.90. The number of nitrogens with zero attached hydrogens (tertiary/aromatic N) is 3. The molecule has 0 saturated heterocycles. The average molecular weight is 357 g/mol. The van der Waals surface area contributed by atoms with Gasteiger partial charge < -0.3 is 20.3 Å². The number of nitrogens with one attached hydrogen (secondary N) is 2. The Morgan fingerprint density at radius 3 is 2.85 bits per heavy atom. The van der Waals surface area contributed by atoms with E-state index in [1.54, 1.807) is 28.9 Å². The maximum Gasteiger partial charge on any atom is 0.319 e. The average Bonchev–Trinajstić information content (AvgIpc) is 2.80. The third-order valence-corrected chi connectivity index (χ3v) is 4.17. The molecule has 1 aliphatic heterocycles. The highest BCUT2D eigenvalue weighted by molar-refractivity contribution is 5.95. The lowest BCUT2D eigenvalue weighted by molar-refractivity contribution is 0.0732. The molecule has 26 heavy (non-hydrogen) atoms. The number of aromatic nitrogens is 2. The molecular formula is C18H23N5O3. The minimum atomic E-state index is -0.263. The van der Waals surface area contributed by atoms with Crippen molar-refractivity contribution in [2.75, 3.05) is 25.0 Å². The van der Waals surface area contributed by atoms with Gasteiger partial charge in [-0.15, -0.1) is 0 Å². The summed E-state index contributed by atoms with van der Waals surface area (Å²) >= 11 is 0. The minimum Gasteiger partial charge on any atom is -0.491 e. The smallest absolute Gasteiger partial charge is 0.319 e. The number of aryl methyl sites for hydroxylation is 2. The van der Waals surface area contributed by atoms with Crippen molar-refractivity contribution in [3.8, 4) is 5.75 Å². The molecular weight excluding hydrogens is 334 g/mol. The van der Waals surface area contributed by atoms with E-state index in [-0.39, 0.29) is 11.9 Å². The van der Waals surface area contributed by atoms with Crippen molar-refractivity contribution in [1.29, 1.82) is 0 Å². The van der Waals surface area contributed by atoms with Gasteiger partial charge in [0.1, 0.15) is 12.4 Å². The number of hydrogen-bond acceptors (Lipinski definition) is 4. The molecule has 3 amide bonds. The summed E-state index contributed by atoms with van der Waals surface area (Å²) in [6.07, 6.45) is 1.73. The Balaban J connectivity index is 1.81. The van der Waals surface area contributed by atoms with Crippen molar-refractivity contribution < 1.29 is 14.3 Å². The zero-order valence-corrected chi connectivity index (χ0v) is 15.2. The summed E-state index contributed by atoms with van der Waals surface area (Å²) in [6, 6.07) is 5.18. The maximum absolute atomic E-state index is 12.9. The number of urea groups is 1. The van der Waals surface area contributed by atoms with E-state index in [4.69, 9.17) is 4.74 Å². The van der Waals surface area contributed by atoms with Crippen LogP contribution in [0.5, 0.6) is 5.75 Å². The minimum absolute atomic E-state index is 0.0749. The van der Waals surface area contributed by atoms with Crippen molar-refractivity contribution in [2.45, 2.75) is 20.4 Å². The molecule has 0 fully saturated rings. The van der Waals surface area contributed by atoms with Gasteiger partial charge in [-0.1, -0.05) is 0 Å². The Bertz CT molecular complexity index is 830. The Labute approximate surface area is 152 Å². The van der Waals surface area contributed by atoms with Crippen LogP contribution in [0.25, 0.3) is 0 Å². The number of benzene rings is 1. The summed E-state index contributed by atoms with van der Waals surface area (Å²) in [5.41, 5.74) is 2.80. The molecule has 2 heterocycles. The van der Waals surface area contributed by atoms with Gasteiger partial charge in [-0.2, -0.15) is 5.10 Å². The van der Waals surface area contributed by atoms with Crippen LogP contribution in [0.1, 0.15) is 28.5 Å². The Kier molecular flexibility index (Phi) is 5.11. The van der Waals surface area contributed by atoms with Crippen LogP contribution in [0.2, 0.25) is 0 Å². The lowest BCUT2D eigenvalue weighted by Gasteiger charge is -2.19. The molecule has 138 valence electrons. The van der Waals surface area contributed by atoms with Crippen molar-refractivity contribution in [3.63, 3.8) is 0 Å². The summed E-state index contributed by atoms with van der Waals surface area (Å²) in [4.78, 5) is 26.3. The number of carbonyl (C=O) groups is 2. The number of rotatable bonds is 3. The molecule has 8 nitrogen and oxygen atoms in total. The van der Waals surface area contributed by atoms with Crippen molar-refractivity contribution >= 4 is 17.6 Å². The lowest BCUT2D eigenvalue weighted by Crippen LogP contribution is -2.32. The first-order chi connectivity index (χ1) is 12.5. The van der Waals surface area contributed by atoms with Gasteiger partial charge in [0.15, 0.2) is 0 Å². The van der Waals surface area contributed by atoms with Gasteiger partial charge in [-0.3, -0.25) is 9.48 Å². The molecule has 1 aromatic heterocycles. The number of hydrogen-bond donors (Lipinski definition) is 2. The van der Waals surface area contributed by atoms with Crippen LogP contribution in [-0.4, -0.2) is 46.3 Å². The van der Waals surface area contributed by atoms with Crippen LogP contribution in [0.3, 0.4) is 0 Å². The molecule has 2 aromatic rings. The van der Waals surface area contributed by atoms with Crippen molar-refractivity contribution in [1.82, 2.24) is 20.0 Å². The van der Waals surface area contributed by atoms with Gasteiger partial charge >= 0.3 is 6.03 Å². The molecule has 0 radical (unpaired) electrons. The van der Waals surface area contributed by atoms with E-state index in [9.17, 15) is 9.59 Å². The number of ether oxygens (including phenoxy) is 1. The number of amides is 3. The SMILES string of the molecule is CCNC(=O)Nc1ccc2c(c1)CN(C(=O)c1cn(C)nc1C)CCO2. The standard InChI is InChI=1S/C18H23N5O3/c1-4-19-18(25)20-14-5-6-16-13(9-14)10-23(7-8-26-16)17(24)15-11-22(3)21-12(15)2/h5-6,9,11H,4,7-8,10H2,1-3H3,(H2,19,20,25). The Morgan fingerprint density at radius 2 is 2.15 bits per heavy atom. The molecule has 8 heteroatoms. The number of fused-ring (bicyclic) bond motifs is 1. The van der Waals surface area contributed by atoms with Crippen LogP contribution in [-0.2, 0) is 13.6 Å². The van der Waals surface area contributed by atoms with Crippen molar-refractivity contribution in [3.05, 3.63) is 41.2 Å². The monoisotopic (exact) mass is 357 g/mol. The fourth-order valence-corrected chi connectivity index (χ4v) is 2.96. The summed E-state index contributed by atoms with van der Waals surface area (Å²) in [5.74, 6) is 0.652. The summed E-state index contributed by atoms with van der Waals surface area (Å²) in [7, 11) is 1.80. The lowest BCUT2D eigenvalue weighted by atomic mass is 10.1. The summed E-state index contributed by atoms with van der Waals surface area (Å²) in [6.45, 7) is 5.54. The first-order valence-electron chi connectivity index (χ1n) is 8.58. The molecule has 1 aliphatic rings. The van der Waals surface area contributed by atoms with Crippen molar-refractivity contribution in [2.24, 2.45) is 7.05 Å². The third kappa shape index (κ3) is 3.79. The van der Waals surface area contributed by atoms with E-state index in [1.807, 2.05) is 26.0 Å². The first-order valence-corrected chi connectivity index (χ1v) is 8.58. The molecule has 0 bridgehead atoms. The van der Waals surface area contributed by atoms with E-state index >= 15 is 0 Å². The fraction of sp³-hybridized carbons (Fsp3) is 0.389.